The molecule has 0 aliphatic heterocycles. The highest BCUT2D eigenvalue weighted by Crippen LogP contribution is 2.30. The van der Waals surface area contributed by atoms with Crippen molar-refractivity contribution in [2.45, 2.75) is 13.8 Å². The van der Waals surface area contributed by atoms with Crippen molar-refractivity contribution in [3.05, 3.63) is 41.8 Å². The lowest BCUT2D eigenvalue weighted by Gasteiger charge is -2.07. The Bertz CT molecular complexity index is 760. The van der Waals surface area contributed by atoms with Gasteiger partial charge in [-0.2, -0.15) is 9.97 Å². The molecule has 0 fully saturated rings. The number of hydrogen-bond donors (Lipinski definition) is 1. The molecule has 1 atom stereocenters. The summed E-state index contributed by atoms with van der Waals surface area (Å²) in [5.74, 6) is 1.01. The van der Waals surface area contributed by atoms with E-state index in [0.717, 1.165) is 5.39 Å². The summed E-state index contributed by atoms with van der Waals surface area (Å²) in [6.07, 6.45) is 1.84. The van der Waals surface area contributed by atoms with Crippen LogP contribution in [0.5, 0.6) is 11.6 Å². The molecule has 2 aromatic heterocycles. The van der Waals surface area contributed by atoms with E-state index in [0.29, 0.717) is 23.0 Å². The fourth-order valence-corrected chi connectivity index (χ4v) is 2.19. The van der Waals surface area contributed by atoms with Crippen LogP contribution in [0, 0.1) is 0 Å². The van der Waals surface area contributed by atoms with Crippen LogP contribution < -0.4 is 10.5 Å². The maximum absolute atomic E-state index is 5.90. The van der Waals surface area contributed by atoms with Crippen LogP contribution in [-0.2, 0) is 0 Å². The quantitative estimate of drug-likeness (QED) is 0.438. The van der Waals surface area contributed by atoms with Gasteiger partial charge in [-0.25, -0.2) is 0 Å². The first kappa shape index (κ1) is 15.5. The van der Waals surface area contributed by atoms with E-state index in [-0.39, 0.29) is 5.28 Å². The number of benzene rings is 1. The highest BCUT2D eigenvalue weighted by Gasteiger charge is 2.11. The van der Waals surface area contributed by atoms with E-state index < -0.39 is 0 Å². The molecule has 0 bridgehead atoms. The second kappa shape index (κ2) is 6.74. The minimum atomic E-state index is 0.133. The van der Waals surface area contributed by atoms with Crippen LogP contribution in [0.15, 0.2) is 36.5 Å². The SMILES string of the molecule is CC.Nc1cccc(Oc2nc(Cl)nc3c2ccn3P)c1. The monoisotopic (exact) mass is 322 g/mol. The Morgan fingerprint density at radius 1 is 1.24 bits per heavy atom. The Hall–Kier alpha value is -1.84. The Balaban J connectivity index is 0.000000774. The molecule has 21 heavy (non-hydrogen) atoms. The van der Waals surface area contributed by atoms with Crippen LogP contribution in [0.1, 0.15) is 13.8 Å². The summed E-state index contributed by atoms with van der Waals surface area (Å²) in [4.78, 5) is 8.26. The molecule has 3 rings (SSSR count). The fourth-order valence-electron chi connectivity index (χ4n) is 1.75. The lowest BCUT2D eigenvalue weighted by Crippen LogP contribution is -1.93. The van der Waals surface area contributed by atoms with Crippen LogP contribution >= 0.6 is 21.0 Å². The number of nitrogens with zero attached hydrogens (tertiary/aromatic N) is 3. The van der Waals surface area contributed by atoms with Gasteiger partial charge in [-0.1, -0.05) is 19.9 Å². The van der Waals surface area contributed by atoms with Gasteiger partial charge in [0.1, 0.15) is 5.75 Å². The largest absolute Gasteiger partial charge is 0.438 e. The zero-order chi connectivity index (χ0) is 15.4. The van der Waals surface area contributed by atoms with Crippen LogP contribution in [0.3, 0.4) is 0 Å². The van der Waals surface area contributed by atoms with E-state index in [1.54, 1.807) is 22.5 Å². The molecule has 0 saturated heterocycles. The Morgan fingerprint density at radius 2 is 2.00 bits per heavy atom. The number of rotatable bonds is 2. The van der Waals surface area contributed by atoms with E-state index in [2.05, 4.69) is 19.4 Å². The number of hydrogen-bond acceptors (Lipinski definition) is 4. The van der Waals surface area contributed by atoms with Crippen molar-refractivity contribution in [1.29, 1.82) is 0 Å². The standard InChI is InChI=1S/C12H10ClN4OP.C2H6/c13-12-15-10-9(4-5-17(10)19)11(16-12)18-8-3-1-2-7(14)6-8;1-2/h1-6H,14,19H2;1-2H3. The summed E-state index contributed by atoms with van der Waals surface area (Å²) in [6, 6.07) is 8.98. The minimum Gasteiger partial charge on any atom is -0.438 e. The Morgan fingerprint density at radius 3 is 2.71 bits per heavy atom. The van der Waals surface area contributed by atoms with Crippen molar-refractivity contribution >= 4 is 37.7 Å². The first-order valence-corrected chi connectivity index (χ1v) is 7.36. The van der Waals surface area contributed by atoms with E-state index in [4.69, 9.17) is 22.1 Å². The number of aromatic nitrogens is 3. The molecular formula is C14H16ClN4OP. The first-order valence-electron chi connectivity index (χ1n) is 6.46. The van der Waals surface area contributed by atoms with Crippen molar-refractivity contribution in [3.63, 3.8) is 0 Å². The number of ether oxygens (including phenoxy) is 1. The van der Waals surface area contributed by atoms with E-state index in [1.165, 1.54) is 0 Å². The number of halogens is 1. The molecule has 110 valence electrons. The smallest absolute Gasteiger partial charge is 0.233 e. The third-order valence-electron chi connectivity index (χ3n) is 2.58. The summed E-state index contributed by atoms with van der Waals surface area (Å²) in [5, 5.41) is 0.913. The van der Waals surface area contributed by atoms with E-state index in [1.807, 2.05) is 32.2 Å². The van der Waals surface area contributed by atoms with Gasteiger partial charge in [0, 0.05) is 18.0 Å². The van der Waals surface area contributed by atoms with Gasteiger partial charge in [-0.3, -0.25) is 0 Å². The van der Waals surface area contributed by atoms with Crippen molar-refractivity contribution < 1.29 is 4.74 Å². The molecular weight excluding hydrogens is 307 g/mol. The number of nitrogen functional groups attached to an aromatic ring is 1. The predicted octanol–water partition coefficient (Wildman–Crippen LogP) is 4.12. The lowest BCUT2D eigenvalue weighted by atomic mass is 10.3. The Labute approximate surface area is 130 Å². The first-order chi connectivity index (χ1) is 10.1. The summed E-state index contributed by atoms with van der Waals surface area (Å²) >= 11 is 5.90. The van der Waals surface area contributed by atoms with E-state index in [9.17, 15) is 0 Å². The summed E-state index contributed by atoms with van der Waals surface area (Å²) < 4.78 is 7.50. The topological polar surface area (TPSA) is 66.0 Å². The van der Waals surface area contributed by atoms with Crippen LogP contribution in [0.25, 0.3) is 11.0 Å². The van der Waals surface area contributed by atoms with Gasteiger partial charge in [0.2, 0.25) is 11.2 Å². The average Bonchev–Trinajstić information content (AvgIpc) is 2.83. The van der Waals surface area contributed by atoms with E-state index >= 15 is 0 Å². The molecule has 5 nitrogen and oxygen atoms in total. The Kier molecular flexibility index (Phi) is 4.99. The molecule has 0 radical (unpaired) electrons. The highest BCUT2D eigenvalue weighted by atomic mass is 35.5. The minimum absolute atomic E-state index is 0.133. The average molecular weight is 323 g/mol. The molecule has 0 aliphatic carbocycles. The number of anilines is 1. The third kappa shape index (κ3) is 3.43. The van der Waals surface area contributed by atoms with Crippen LogP contribution in [0.2, 0.25) is 5.28 Å². The normalized spacial score (nSPS) is 10.1. The van der Waals surface area contributed by atoms with Gasteiger partial charge in [-0.15, -0.1) is 0 Å². The predicted molar refractivity (Wildman–Crippen MR) is 89.9 cm³/mol. The molecule has 2 N–H and O–H groups in total. The number of fused-ring (bicyclic) bond motifs is 1. The second-order valence-electron chi connectivity index (χ2n) is 3.93. The van der Waals surface area contributed by atoms with Crippen molar-refractivity contribution in [1.82, 2.24) is 14.3 Å². The van der Waals surface area contributed by atoms with Gasteiger partial charge in [0.25, 0.3) is 0 Å². The third-order valence-corrected chi connectivity index (χ3v) is 3.17. The van der Waals surface area contributed by atoms with Crippen molar-refractivity contribution in [2.24, 2.45) is 0 Å². The summed E-state index contributed by atoms with van der Waals surface area (Å²) in [6.45, 7) is 4.00. The van der Waals surface area contributed by atoms with Crippen molar-refractivity contribution in [3.8, 4) is 11.6 Å². The molecule has 0 spiro atoms. The number of nitrogens with two attached hydrogens (primary N) is 1. The molecule has 2 heterocycles. The molecule has 7 heteroatoms. The second-order valence-corrected chi connectivity index (χ2v) is 4.83. The molecule has 1 aromatic carbocycles. The van der Waals surface area contributed by atoms with Crippen LogP contribution in [0.4, 0.5) is 5.69 Å². The molecule has 0 amide bonds. The molecule has 0 aliphatic rings. The summed E-state index contributed by atoms with van der Waals surface area (Å²) in [5.41, 5.74) is 7.02. The molecule has 1 unspecified atom stereocenters. The van der Waals surface area contributed by atoms with Gasteiger partial charge < -0.3 is 14.8 Å². The zero-order valence-electron chi connectivity index (χ0n) is 11.7. The molecule has 0 saturated carbocycles. The fraction of sp³-hybridized carbons (Fsp3) is 0.143. The van der Waals surface area contributed by atoms with Crippen molar-refractivity contribution in [2.75, 3.05) is 5.73 Å². The van der Waals surface area contributed by atoms with Gasteiger partial charge in [-0.05, 0) is 39.2 Å². The molecule has 3 aromatic rings. The maximum atomic E-state index is 5.90. The summed E-state index contributed by atoms with van der Waals surface area (Å²) in [7, 11) is 2.52. The van der Waals surface area contributed by atoms with Gasteiger partial charge in [0.05, 0.1) is 5.39 Å². The lowest BCUT2D eigenvalue weighted by molar-refractivity contribution is 0.468. The van der Waals surface area contributed by atoms with Gasteiger partial charge >= 0.3 is 0 Å². The highest BCUT2D eigenvalue weighted by molar-refractivity contribution is 7.14. The van der Waals surface area contributed by atoms with Gasteiger partial charge in [0.15, 0.2) is 5.65 Å². The maximum Gasteiger partial charge on any atom is 0.233 e. The zero-order valence-corrected chi connectivity index (χ0v) is 13.7. The van der Waals surface area contributed by atoms with Crippen LogP contribution in [-0.4, -0.2) is 14.3 Å².